The van der Waals surface area contributed by atoms with Crippen LogP contribution in [0.5, 0.6) is 0 Å². The van der Waals surface area contributed by atoms with Crippen molar-refractivity contribution in [1.29, 1.82) is 0 Å². The molecule has 1 rings (SSSR count). The Balaban J connectivity index is 0.00000225. The molecule has 0 aliphatic carbocycles. The van der Waals surface area contributed by atoms with Gasteiger partial charge in [0.25, 0.3) is 0 Å². The van der Waals surface area contributed by atoms with Gasteiger partial charge >= 0.3 is 0 Å². The summed E-state index contributed by atoms with van der Waals surface area (Å²) in [6, 6.07) is 5.93. The summed E-state index contributed by atoms with van der Waals surface area (Å²) in [6.07, 6.45) is 5.92. The molecule has 16 heavy (non-hydrogen) atoms. The lowest BCUT2D eigenvalue weighted by Crippen LogP contribution is -3.00. The zero-order valence-electron chi connectivity index (χ0n) is 10.2. The summed E-state index contributed by atoms with van der Waals surface area (Å²) in [5, 5.41) is 0. The second-order valence-electron chi connectivity index (χ2n) is 3.86. The molecule has 0 aliphatic rings. The van der Waals surface area contributed by atoms with Crippen molar-refractivity contribution in [3.05, 3.63) is 36.3 Å². The monoisotopic (exact) mass is 239 g/mol. The highest BCUT2D eigenvalue weighted by Crippen LogP contribution is 2.08. The van der Waals surface area contributed by atoms with Crippen molar-refractivity contribution in [2.75, 3.05) is 28.2 Å². The molecule has 88 valence electrons. The van der Waals surface area contributed by atoms with Gasteiger partial charge in [-0.3, -0.25) is 4.98 Å². The number of pyridine rings is 1. The van der Waals surface area contributed by atoms with Crippen LogP contribution < -0.4 is 12.4 Å². The van der Waals surface area contributed by atoms with E-state index in [1.54, 1.807) is 0 Å². The molecule has 0 radical (unpaired) electrons. The Kier molecular flexibility index (Phi) is 6.42. The molecule has 0 saturated carbocycles. The average molecular weight is 240 g/mol. The van der Waals surface area contributed by atoms with Gasteiger partial charge in [-0.25, -0.2) is 4.58 Å². The SMILES string of the molecule is CN(C)/C=C(/C=[N+](C)C)c1ccccn1.[Cl-]. The van der Waals surface area contributed by atoms with E-state index in [0.29, 0.717) is 0 Å². The molecule has 0 saturated heterocycles. The maximum atomic E-state index is 4.33. The molecule has 1 heterocycles. The molecule has 4 heteroatoms. The first-order chi connectivity index (χ1) is 7.09. The molecular weight excluding hydrogens is 222 g/mol. The highest BCUT2D eigenvalue weighted by Gasteiger charge is 2.03. The predicted molar refractivity (Wildman–Crippen MR) is 64.1 cm³/mol. The van der Waals surface area contributed by atoms with Gasteiger partial charge < -0.3 is 17.3 Å². The molecule has 0 bridgehead atoms. The Bertz CT molecular complexity index is 365. The number of rotatable bonds is 3. The van der Waals surface area contributed by atoms with Gasteiger partial charge in [0.2, 0.25) is 0 Å². The van der Waals surface area contributed by atoms with Crippen molar-refractivity contribution in [2.24, 2.45) is 0 Å². The van der Waals surface area contributed by atoms with E-state index in [9.17, 15) is 0 Å². The lowest BCUT2D eigenvalue weighted by atomic mass is 10.2. The van der Waals surface area contributed by atoms with Gasteiger partial charge in [0.1, 0.15) is 14.1 Å². The summed E-state index contributed by atoms with van der Waals surface area (Å²) >= 11 is 0. The van der Waals surface area contributed by atoms with Crippen LogP contribution in [0.15, 0.2) is 30.6 Å². The van der Waals surface area contributed by atoms with Crippen LogP contribution in [0.2, 0.25) is 0 Å². The van der Waals surface area contributed by atoms with E-state index in [0.717, 1.165) is 11.3 Å². The van der Waals surface area contributed by atoms with Gasteiger partial charge in [-0.1, -0.05) is 6.07 Å². The van der Waals surface area contributed by atoms with Gasteiger partial charge in [-0.15, -0.1) is 0 Å². The lowest BCUT2D eigenvalue weighted by molar-refractivity contribution is -0.458. The normalized spacial score (nSPS) is 10.4. The number of aromatic nitrogens is 1. The topological polar surface area (TPSA) is 19.1 Å². The molecule has 1 aromatic heterocycles. The summed E-state index contributed by atoms with van der Waals surface area (Å²) in [5.41, 5.74) is 2.09. The Labute approximate surface area is 104 Å². The van der Waals surface area contributed by atoms with Gasteiger partial charge in [0.15, 0.2) is 6.21 Å². The Morgan fingerprint density at radius 3 is 2.44 bits per heavy atom. The van der Waals surface area contributed by atoms with Crippen molar-refractivity contribution >= 4 is 11.8 Å². The zero-order valence-corrected chi connectivity index (χ0v) is 10.9. The molecule has 0 fully saturated rings. The number of hydrogen-bond donors (Lipinski definition) is 0. The minimum absolute atomic E-state index is 0. The highest BCUT2D eigenvalue weighted by atomic mass is 35.5. The lowest BCUT2D eigenvalue weighted by Gasteiger charge is -2.06. The molecular formula is C12H18ClN3. The Morgan fingerprint density at radius 2 is 2.00 bits per heavy atom. The summed E-state index contributed by atoms with van der Waals surface area (Å²) in [7, 11) is 8.03. The van der Waals surface area contributed by atoms with Gasteiger partial charge in [-0.2, -0.15) is 0 Å². The van der Waals surface area contributed by atoms with Crippen LogP contribution in [-0.2, 0) is 0 Å². The second kappa shape index (κ2) is 7.01. The van der Waals surface area contributed by atoms with Crippen LogP contribution in [0.3, 0.4) is 0 Å². The third-order valence-electron chi connectivity index (χ3n) is 1.76. The molecule has 0 N–H and O–H groups in total. The minimum atomic E-state index is 0. The van der Waals surface area contributed by atoms with E-state index in [1.165, 1.54) is 0 Å². The van der Waals surface area contributed by atoms with E-state index in [1.807, 2.05) is 62.1 Å². The number of halogens is 1. The maximum Gasteiger partial charge on any atom is 0.173 e. The fourth-order valence-electron chi connectivity index (χ4n) is 1.26. The van der Waals surface area contributed by atoms with E-state index >= 15 is 0 Å². The Hall–Kier alpha value is -1.35. The third-order valence-corrected chi connectivity index (χ3v) is 1.76. The fourth-order valence-corrected chi connectivity index (χ4v) is 1.26. The standard InChI is InChI=1S/C12H18N3.ClH/c1-14(2)9-11(10-15(3)4)12-7-5-6-8-13-12;/h5-10H,1-4H3;1H/q+1;/p-1. The van der Waals surface area contributed by atoms with Crippen molar-refractivity contribution < 1.29 is 17.0 Å². The molecule has 1 aromatic rings. The second-order valence-corrected chi connectivity index (χ2v) is 3.86. The maximum absolute atomic E-state index is 4.33. The van der Waals surface area contributed by atoms with E-state index in [2.05, 4.69) is 17.4 Å². The van der Waals surface area contributed by atoms with Gasteiger partial charge in [0, 0.05) is 26.5 Å². The molecule has 3 nitrogen and oxygen atoms in total. The molecule has 0 unspecified atom stereocenters. The predicted octanol–water partition coefficient (Wildman–Crippen LogP) is -1.67. The average Bonchev–Trinajstić information content (AvgIpc) is 2.17. The van der Waals surface area contributed by atoms with Crippen LogP contribution >= 0.6 is 0 Å². The number of allylic oxidation sites excluding steroid dienone is 1. The summed E-state index contributed by atoms with van der Waals surface area (Å²) in [6.45, 7) is 0. The Morgan fingerprint density at radius 1 is 1.31 bits per heavy atom. The minimum Gasteiger partial charge on any atom is -1.00 e. The van der Waals surface area contributed by atoms with Crippen LogP contribution in [0.25, 0.3) is 5.57 Å². The van der Waals surface area contributed by atoms with E-state index in [4.69, 9.17) is 0 Å². The largest absolute Gasteiger partial charge is 1.00 e. The first-order valence-electron chi connectivity index (χ1n) is 4.90. The van der Waals surface area contributed by atoms with Crippen LogP contribution in [-0.4, -0.2) is 48.9 Å². The molecule has 0 amide bonds. The van der Waals surface area contributed by atoms with E-state index < -0.39 is 0 Å². The van der Waals surface area contributed by atoms with Crippen molar-refractivity contribution in [2.45, 2.75) is 0 Å². The third kappa shape index (κ3) is 4.94. The highest BCUT2D eigenvalue weighted by molar-refractivity contribution is 6.06. The summed E-state index contributed by atoms with van der Waals surface area (Å²) in [4.78, 5) is 6.35. The van der Waals surface area contributed by atoms with Gasteiger partial charge in [0.05, 0.1) is 11.3 Å². The number of hydrogen-bond acceptors (Lipinski definition) is 2. The van der Waals surface area contributed by atoms with Crippen LogP contribution in [0.1, 0.15) is 5.69 Å². The summed E-state index contributed by atoms with van der Waals surface area (Å²) in [5.74, 6) is 0. The first-order valence-corrected chi connectivity index (χ1v) is 4.90. The van der Waals surface area contributed by atoms with Gasteiger partial charge in [-0.05, 0) is 12.1 Å². The zero-order chi connectivity index (χ0) is 11.3. The van der Waals surface area contributed by atoms with Crippen molar-refractivity contribution in [1.82, 2.24) is 9.88 Å². The summed E-state index contributed by atoms with van der Waals surface area (Å²) < 4.78 is 2.02. The van der Waals surface area contributed by atoms with E-state index in [-0.39, 0.29) is 12.4 Å². The molecule has 0 aromatic carbocycles. The molecule has 0 atom stereocenters. The molecule has 0 aliphatic heterocycles. The number of nitrogens with zero attached hydrogens (tertiary/aromatic N) is 3. The van der Waals surface area contributed by atoms with Crippen LogP contribution in [0.4, 0.5) is 0 Å². The van der Waals surface area contributed by atoms with Crippen molar-refractivity contribution in [3.63, 3.8) is 0 Å². The molecule has 0 spiro atoms. The fraction of sp³-hybridized carbons (Fsp3) is 0.333. The quantitative estimate of drug-likeness (QED) is 0.464. The smallest absolute Gasteiger partial charge is 0.173 e. The first kappa shape index (κ1) is 14.6. The van der Waals surface area contributed by atoms with Crippen molar-refractivity contribution in [3.8, 4) is 0 Å². The van der Waals surface area contributed by atoms with Crippen LogP contribution in [0, 0.1) is 0 Å².